The highest BCUT2D eigenvalue weighted by Gasteiger charge is 2.62. The summed E-state index contributed by atoms with van der Waals surface area (Å²) in [4.78, 5) is 27.4. The van der Waals surface area contributed by atoms with E-state index in [0.29, 0.717) is 11.4 Å². The number of para-hydroxylation sites is 2. The quantitative estimate of drug-likeness (QED) is 0.623. The number of anilines is 1. The van der Waals surface area contributed by atoms with Crippen molar-refractivity contribution in [3.8, 4) is 5.75 Å². The number of imide groups is 1. The van der Waals surface area contributed by atoms with Gasteiger partial charge in [0.2, 0.25) is 11.8 Å². The lowest BCUT2D eigenvalue weighted by atomic mass is 9.85. The molecule has 1 aromatic rings. The summed E-state index contributed by atoms with van der Waals surface area (Å²) in [6.45, 7) is 4.13. The molecule has 4 heteroatoms. The van der Waals surface area contributed by atoms with Crippen LogP contribution in [0.3, 0.4) is 0 Å². The minimum Gasteiger partial charge on any atom is -0.495 e. The molecule has 4 nitrogen and oxygen atoms in total. The molecule has 118 valence electrons. The monoisotopic (exact) mass is 309 g/mol. The minimum absolute atomic E-state index is 0.0751. The largest absolute Gasteiger partial charge is 0.495 e. The van der Waals surface area contributed by atoms with E-state index in [1.165, 1.54) is 16.0 Å². The van der Waals surface area contributed by atoms with E-state index in [4.69, 9.17) is 4.74 Å². The van der Waals surface area contributed by atoms with Crippen molar-refractivity contribution >= 4 is 17.5 Å². The van der Waals surface area contributed by atoms with E-state index < -0.39 is 0 Å². The fraction of sp³-hybridized carbons (Fsp3) is 0.368. The highest BCUT2D eigenvalue weighted by atomic mass is 16.5. The highest BCUT2D eigenvalue weighted by molar-refractivity contribution is 6.23. The van der Waals surface area contributed by atoms with Crippen LogP contribution in [0.5, 0.6) is 5.75 Å². The highest BCUT2D eigenvalue weighted by Crippen LogP contribution is 2.57. The van der Waals surface area contributed by atoms with Crippen LogP contribution in [0.4, 0.5) is 5.69 Å². The van der Waals surface area contributed by atoms with E-state index in [-0.39, 0.29) is 35.5 Å². The predicted octanol–water partition coefficient (Wildman–Crippen LogP) is 2.95. The number of nitrogens with zero attached hydrogens (tertiary/aromatic N) is 1. The van der Waals surface area contributed by atoms with Crippen LogP contribution in [0.15, 0.2) is 47.6 Å². The lowest BCUT2D eigenvalue weighted by molar-refractivity contribution is -0.123. The van der Waals surface area contributed by atoms with Crippen LogP contribution in [0.1, 0.15) is 13.8 Å². The summed E-state index contributed by atoms with van der Waals surface area (Å²) in [7, 11) is 1.55. The Bertz CT molecular complexity index is 739. The number of hydrogen-bond donors (Lipinski definition) is 0. The van der Waals surface area contributed by atoms with E-state index >= 15 is 0 Å². The van der Waals surface area contributed by atoms with Gasteiger partial charge < -0.3 is 4.74 Å². The van der Waals surface area contributed by atoms with Crippen LogP contribution in [0, 0.1) is 23.7 Å². The van der Waals surface area contributed by atoms with Crippen molar-refractivity contribution in [1.29, 1.82) is 0 Å². The summed E-state index contributed by atoms with van der Waals surface area (Å²) in [5.74, 6) is -0.00550. The Morgan fingerprint density at radius 3 is 2.09 bits per heavy atom. The number of rotatable bonds is 2. The molecule has 0 unspecified atom stereocenters. The van der Waals surface area contributed by atoms with Gasteiger partial charge in [0.15, 0.2) is 0 Å². The average Bonchev–Trinajstić information content (AvgIpc) is 3.18. The third-order valence-electron chi connectivity index (χ3n) is 5.32. The number of methoxy groups -OCH3 is 1. The number of amides is 2. The molecule has 0 aromatic heterocycles. The topological polar surface area (TPSA) is 46.6 Å². The van der Waals surface area contributed by atoms with Gasteiger partial charge in [-0.05, 0) is 26.0 Å². The first-order valence-corrected chi connectivity index (χ1v) is 7.92. The van der Waals surface area contributed by atoms with Crippen molar-refractivity contribution in [2.75, 3.05) is 12.0 Å². The molecule has 3 aliphatic rings. The van der Waals surface area contributed by atoms with Crippen LogP contribution >= 0.6 is 0 Å². The molecular weight excluding hydrogens is 290 g/mol. The first-order valence-electron chi connectivity index (χ1n) is 7.92. The Balaban J connectivity index is 1.79. The zero-order chi connectivity index (χ0) is 16.3. The second-order valence-electron chi connectivity index (χ2n) is 6.63. The molecule has 2 fully saturated rings. The molecule has 2 aliphatic carbocycles. The number of hydrogen-bond acceptors (Lipinski definition) is 3. The molecule has 2 amide bonds. The zero-order valence-electron chi connectivity index (χ0n) is 13.4. The normalized spacial score (nSPS) is 31.1. The third-order valence-corrected chi connectivity index (χ3v) is 5.32. The maximum atomic E-state index is 13.0. The van der Waals surface area contributed by atoms with Gasteiger partial charge in [-0.1, -0.05) is 35.4 Å². The Hall–Kier alpha value is -2.36. The molecule has 23 heavy (non-hydrogen) atoms. The van der Waals surface area contributed by atoms with E-state index in [2.05, 4.69) is 26.0 Å². The molecule has 1 heterocycles. The van der Waals surface area contributed by atoms with Crippen molar-refractivity contribution in [3.63, 3.8) is 0 Å². The van der Waals surface area contributed by atoms with Crippen molar-refractivity contribution in [3.05, 3.63) is 47.6 Å². The lowest BCUT2D eigenvalue weighted by Crippen LogP contribution is -2.33. The standard InChI is InChI=1S/C19H19NO3/c1-10(2)15-11-8-9-12(15)17-16(11)18(21)20(19(17)22)13-6-4-5-7-14(13)23-3/h4-9,11-12,16-17H,1-3H3/t11-,12-,16-,17+/m0/s1. The lowest BCUT2D eigenvalue weighted by Gasteiger charge is -2.21. The second kappa shape index (κ2) is 4.82. The fourth-order valence-corrected chi connectivity index (χ4v) is 4.48. The first-order chi connectivity index (χ1) is 11.1. The second-order valence-corrected chi connectivity index (χ2v) is 6.63. The van der Waals surface area contributed by atoms with E-state index in [1.807, 2.05) is 12.1 Å². The van der Waals surface area contributed by atoms with Gasteiger partial charge in [0.05, 0.1) is 24.6 Å². The molecule has 1 saturated heterocycles. The third kappa shape index (κ3) is 1.72. The van der Waals surface area contributed by atoms with Gasteiger partial charge in [0.1, 0.15) is 5.75 Å². The van der Waals surface area contributed by atoms with E-state index in [9.17, 15) is 9.59 Å². The summed E-state index contributed by atoms with van der Waals surface area (Å²) in [5.41, 5.74) is 3.04. The van der Waals surface area contributed by atoms with Crippen LogP contribution in [0.25, 0.3) is 0 Å². The fourth-order valence-electron chi connectivity index (χ4n) is 4.48. The van der Waals surface area contributed by atoms with Crippen LogP contribution in [-0.4, -0.2) is 18.9 Å². The summed E-state index contributed by atoms with van der Waals surface area (Å²) < 4.78 is 5.33. The van der Waals surface area contributed by atoms with Crippen molar-refractivity contribution in [2.45, 2.75) is 13.8 Å². The maximum absolute atomic E-state index is 13.0. The maximum Gasteiger partial charge on any atom is 0.238 e. The van der Waals surface area contributed by atoms with E-state index in [0.717, 1.165) is 0 Å². The minimum atomic E-state index is -0.257. The van der Waals surface area contributed by atoms with Crippen molar-refractivity contribution in [1.82, 2.24) is 0 Å². The van der Waals surface area contributed by atoms with Gasteiger partial charge in [-0.2, -0.15) is 0 Å². The molecule has 4 rings (SSSR count). The number of carbonyl (C=O) groups is 2. The first kappa shape index (κ1) is 14.2. The van der Waals surface area contributed by atoms with Gasteiger partial charge >= 0.3 is 0 Å². The molecule has 1 saturated carbocycles. The van der Waals surface area contributed by atoms with Gasteiger partial charge in [-0.3, -0.25) is 9.59 Å². The average molecular weight is 309 g/mol. The SMILES string of the molecule is COc1ccccc1N1C(=O)[C@@H]2[C@H](C1=O)[C@H]1C=C[C@H]2C1=C(C)C. The summed E-state index contributed by atoms with van der Waals surface area (Å²) in [6.07, 6.45) is 4.20. The molecular formula is C19H19NO3. The van der Waals surface area contributed by atoms with Crippen molar-refractivity contribution < 1.29 is 14.3 Å². The Morgan fingerprint density at radius 2 is 1.57 bits per heavy atom. The summed E-state index contributed by atoms with van der Waals surface area (Å²) in [6, 6.07) is 7.20. The van der Waals surface area contributed by atoms with Crippen molar-refractivity contribution in [2.24, 2.45) is 23.7 Å². The molecule has 0 spiro atoms. The molecule has 0 N–H and O–H groups in total. The van der Waals surface area contributed by atoms with Gasteiger partial charge in [-0.25, -0.2) is 4.90 Å². The Kier molecular flexibility index (Phi) is 2.98. The summed E-state index contributed by atoms with van der Waals surface area (Å²) >= 11 is 0. The van der Waals surface area contributed by atoms with Gasteiger partial charge in [0, 0.05) is 11.8 Å². The van der Waals surface area contributed by atoms with Crippen LogP contribution in [0.2, 0.25) is 0 Å². The summed E-state index contributed by atoms with van der Waals surface area (Å²) in [5, 5.41) is 0. The van der Waals surface area contributed by atoms with Gasteiger partial charge in [-0.15, -0.1) is 0 Å². The predicted molar refractivity (Wildman–Crippen MR) is 87.0 cm³/mol. The molecule has 2 bridgehead atoms. The Morgan fingerprint density at radius 1 is 1.00 bits per heavy atom. The Labute approximate surface area is 135 Å². The van der Waals surface area contributed by atoms with E-state index in [1.54, 1.807) is 19.2 Å². The molecule has 1 aliphatic heterocycles. The zero-order valence-corrected chi connectivity index (χ0v) is 13.4. The number of carbonyl (C=O) groups excluding carboxylic acids is 2. The number of fused-ring (bicyclic) bond motifs is 5. The molecule has 4 atom stereocenters. The van der Waals surface area contributed by atoms with Crippen LogP contribution in [-0.2, 0) is 9.59 Å². The number of ether oxygens (including phenoxy) is 1. The number of allylic oxidation sites excluding steroid dienone is 4. The smallest absolute Gasteiger partial charge is 0.238 e. The van der Waals surface area contributed by atoms with Gasteiger partial charge in [0.25, 0.3) is 0 Å². The molecule has 0 radical (unpaired) electrons. The molecule has 1 aromatic carbocycles. The number of benzene rings is 1. The van der Waals surface area contributed by atoms with Crippen LogP contribution < -0.4 is 9.64 Å².